The summed E-state index contributed by atoms with van der Waals surface area (Å²) in [7, 11) is 0. The number of nitrogens with zero attached hydrogens (tertiary/aromatic N) is 1. The number of hydrogen-bond acceptors (Lipinski definition) is 6. The van der Waals surface area contributed by atoms with Crippen LogP contribution in [-0.4, -0.2) is 45.8 Å². The van der Waals surface area contributed by atoms with Crippen LogP contribution in [0.25, 0.3) is 0 Å². The lowest BCUT2D eigenvalue weighted by Crippen LogP contribution is -2.51. The number of aliphatic hydroxyl groups excluding tert-OH is 1. The Hall–Kier alpha value is -3.03. The third-order valence-corrected chi connectivity index (χ3v) is 8.56. The van der Waals surface area contributed by atoms with Crippen LogP contribution >= 0.6 is 0 Å². The van der Waals surface area contributed by atoms with Crippen LogP contribution in [0.3, 0.4) is 0 Å². The van der Waals surface area contributed by atoms with E-state index in [1.165, 1.54) is 107 Å². The van der Waals surface area contributed by atoms with Crippen molar-refractivity contribution in [2.45, 2.75) is 116 Å². The van der Waals surface area contributed by atoms with Gasteiger partial charge in [0.1, 0.15) is 11.5 Å². The number of nitrogens with one attached hydrogen (secondary N) is 2. The predicted molar refractivity (Wildman–Crippen MR) is 180 cm³/mol. The van der Waals surface area contributed by atoms with Gasteiger partial charge in [0.25, 0.3) is 0 Å². The van der Waals surface area contributed by atoms with E-state index in [2.05, 4.69) is 23.6 Å². The van der Waals surface area contributed by atoms with E-state index in [0.717, 1.165) is 18.7 Å². The maximum atomic E-state index is 13.0. The zero-order chi connectivity index (χ0) is 31.6. The smallest absolute Gasteiger partial charge is 0.232 e. The monoisotopic (exact) mass is 607 g/mol. The molecular formula is C37H57N3O4. The number of hydrogen-bond donors (Lipinski definition) is 5. The van der Waals surface area contributed by atoms with Gasteiger partial charge < -0.3 is 30.9 Å². The van der Waals surface area contributed by atoms with Crippen molar-refractivity contribution in [3.05, 3.63) is 71.2 Å². The van der Waals surface area contributed by atoms with Crippen LogP contribution in [0.2, 0.25) is 0 Å². The van der Waals surface area contributed by atoms with Crippen LogP contribution in [0.4, 0.5) is 0 Å². The van der Waals surface area contributed by atoms with Crippen LogP contribution in [0, 0.1) is 5.92 Å². The van der Waals surface area contributed by atoms with E-state index < -0.39 is 0 Å². The normalized spacial score (nSPS) is 18.4. The van der Waals surface area contributed by atoms with Crippen LogP contribution in [0.5, 0.6) is 11.5 Å². The number of allylic oxidation sites excluding steroid dienone is 6. The summed E-state index contributed by atoms with van der Waals surface area (Å²) in [6, 6.07) is 4.16. The van der Waals surface area contributed by atoms with E-state index in [9.17, 15) is 20.1 Å². The lowest BCUT2D eigenvalue weighted by molar-refractivity contribution is -0.152. The van der Waals surface area contributed by atoms with Gasteiger partial charge in [-0.25, -0.2) is 0 Å². The molecule has 0 aromatic heterocycles. The molecule has 3 rings (SSSR count). The number of aliphatic hydroxyl groups is 1. The molecule has 2 fully saturated rings. The van der Waals surface area contributed by atoms with Crippen LogP contribution in [0.1, 0.15) is 122 Å². The SMILES string of the molecule is C\C=C/C(=C\C=C\N1C(=O)C(CCCO)C1c1ccc(O)cc1O)NC(CCCCCCCCCCCNCCC)=C1CC1. The number of carbonyl (C=O) groups excluding carboxylic acids is 1. The second-order valence-electron chi connectivity index (χ2n) is 12.3. The quantitative estimate of drug-likeness (QED) is 0.0492. The molecule has 1 amide bonds. The van der Waals surface area contributed by atoms with Gasteiger partial charge in [0.05, 0.1) is 12.0 Å². The topological polar surface area (TPSA) is 105 Å². The Bertz CT molecular complexity index is 1130. The Kier molecular flexibility index (Phi) is 16.2. The third kappa shape index (κ3) is 11.8. The first-order chi connectivity index (χ1) is 21.5. The molecule has 244 valence electrons. The molecule has 1 heterocycles. The summed E-state index contributed by atoms with van der Waals surface area (Å²) >= 11 is 0. The van der Waals surface area contributed by atoms with Gasteiger partial charge >= 0.3 is 0 Å². The maximum Gasteiger partial charge on any atom is 0.232 e. The predicted octanol–water partition coefficient (Wildman–Crippen LogP) is 7.88. The first-order valence-corrected chi connectivity index (χ1v) is 17.1. The second kappa shape index (κ2) is 20.1. The molecule has 1 saturated heterocycles. The van der Waals surface area contributed by atoms with E-state index in [1.54, 1.807) is 17.2 Å². The number of carbonyl (C=O) groups is 1. The highest BCUT2D eigenvalue weighted by molar-refractivity contribution is 5.88. The molecule has 2 atom stereocenters. The minimum Gasteiger partial charge on any atom is -0.508 e. The van der Waals surface area contributed by atoms with E-state index in [0.29, 0.717) is 18.4 Å². The fourth-order valence-electron chi connectivity index (χ4n) is 6.00. The van der Waals surface area contributed by atoms with E-state index in [-0.39, 0.29) is 36.0 Å². The van der Waals surface area contributed by atoms with Crippen LogP contribution in [-0.2, 0) is 4.79 Å². The largest absolute Gasteiger partial charge is 0.508 e. The van der Waals surface area contributed by atoms with Crippen molar-refractivity contribution in [3.8, 4) is 11.5 Å². The fourth-order valence-corrected chi connectivity index (χ4v) is 6.00. The fraction of sp³-hybridized carbons (Fsp3) is 0.595. The van der Waals surface area contributed by atoms with Gasteiger partial charge in [-0.1, -0.05) is 63.5 Å². The lowest BCUT2D eigenvalue weighted by Gasteiger charge is -2.46. The van der Waals surface area contributed by atoms with Gasteiger partial charge in [-0.2, -0.15) is 0 Å². The molecule has 0 spiro atoms. The molecule has 7 heteroatoms. The first kappa shape index (κ1) is 35.4. The number of benzene rings is 1. The van der Waals surface area contributed by atoms with Crippen molar-refractivity contribution in [2.24, 2.45) is 5.92 Å². The molecule has 2 unspecified atom stereocenters. The molecule has 1 aliphatic heterocycles. The highest BCUT2D eigenvalue weighted by Crippen LogP contribution is 2.46. The minimum absolute atomic E-state index is 0.0183. The number of likely N-dealkylation sites (tertiary alicyclic amines) is 1. The van der Waals surface area contributed by atoms with Gasteiger partial charge in [0.15, 0.2) is 0 Å². The number of unbranched alkanes of at least 4 members (excludes halogenated alkanes) is 8. The summed E-state index contributed by atoms with van der Waals surface area (Å²) in [5.41, 5.74) is 4.44. The van der Waals surface area contributed by atoms with Gasteiger partial charge in [-0.3, -0.25) is 4.79 Å². The Morgan fingerprint density at radius 3 is 2.32 bits per heavy atom. The molecule has 5 N–H and O–H groups in total. The number of β-lactam (4-membered cyclic amide) rings is 1. The molecule has 1 saturated carbocycles. The molecule has 2 aliphatic rings. The van der Waals surface area contributed by atoms with Crippen molar-refractivity contribution >= 4 is 5.91 Å². The maximum absolute atomic E-state index is 13.0. The number of aromatic hydroxyl groups is 2. The van der Waals surface area contributed by atoms with Crippen molar-refractivity contribution in [1.82, 2.24) is 15.5 Å². The van der Waals surface area contributed by atoms with Gasteiger partial charge in [0, 0.05) is 35.8 Å². The summed E-state index contributed by atoms with van der Waals surface area (Å²) in [5, 5.41) is 36.7. The summed E-state index contributed by atoms with van der Waals surface area (Å²) in [4.78, 5) is 14.7. The molecule has 1 aliphatic carbocycles. The third-order valence-electron chi connectivity index (χ3n) is 8.56. The van der Waals surface area contributed by atoms with Crippen LogP contribution < -0.4 is 10.6 Å². The number of phenolic OH excluding ortho intramolecular Hbond substituents is 2. The van der Waals surface area contributed by atoms with Crippen molar-refractivity contribution in [2.75, 3.05) is 19.7 Å². The average molecular weight is 608 g/mol. The molecule has 44 heavy (non-hydrogen) atoms. The summed E-state index contributed by atoms with van der Waals surface area (Å²) < 4.78 is 0. The highest BCUT2D eigenvalue weighted by atomic mass is 16.3. The molecule has 0 bridgehead atoms. The van der Waals surface area contributed by atoms with Gasteiger partial charge in [0.2, 0.25) is 5.91 Å². The van der Waals surface area contributed by atoms with Crippen LogP contribution in [0.15, 0.2) is 65.7 Å². The lowest BCUT2D eigenvalue weighted by atomic mass is 9.79. The number of amides is 1. The van der Waals surface area contributed by atoms with Crippen molar-refractivity contribution < 1.29 is 20.1 Å². The van der Waals surface area contributed by atoms with E-state index >= 15 is 0 Å². The Labute approximate surface area is 265 Å². The first-order valence-electron chi connectivity index (χ1n) is 17.1. The molecule has 7 nitrogen and oxygen atoms in total. The zero-order valence-corrected chi connectivity index (χ0v) is 27.2. The van der Waals surface area contributed by atoms with E-state index in [1.807, 2.05) is 25.2 Å². The zero-order valence-electron chi connectivity index (χ0n) is 27.2. The molecule has 1 aromatic carbocycles. The molecular weight excluding hydrogens is 550 g/mol. The van der Waals surface area contributed by atoms with Crippen molar-refractivity contribution in [1.29, 1.82) is 0 Å². The number of phenols is 2. The van der Waals surface area contributed by atoms with Crippen molar-refractivity contribution in [3.63, 3.8) is 0 Å². The Morgan fingerprint density at radius 1 is 0.977 bits per heavy atom. The Balaban J connectivity index is 1.48. The summed E-state index contributed by atoms with van der Waals surface area (Å²) in [6.07, 6.45) is 27.2. The summed E-state index contributed by atoms with van der Waals surface area (Å²) in [6.45, 7) is 6.54. The minimum atomic E-state index is -0.339. The molecule has 0 radical (unpaired) electrons. The van der Waals surface area contributed by atoms with E-state index in [4.69, 9.17) is 0 Å². The average Bonchev–Trinajstić information content (AvgIpc) is 3.85. The Morgan fingerprint density at radius 2 is 1.68 bits per heavy atom. The molecule has 1 aromatic rings. The number of rotatable bonds is 23. The van der Waals surface area contributed by atoms with Gasteiger partial charge in [-0.05, 0) is 102 Å². The second-order valence-corrected chi connectivity index (χ2v) is 12.3. The van der Waals surface area contributed by atoms with Gasteiger partial charge in [-0.15, -0.1) is 0 Å². The standard InChI is InChI=1S/C37H57N3O4/c1-3-16-30(39-34(29-20-21-29)19-12-10-8-6-5-7-9-11-13-25-38-24-4-2)17-14-26-40-36(33(37(40)44)18-15-27-41)32-23-22-31(42)28-35(32)43/h3,14,16-17,22-23,26,28,33,36,38-39,41-43H,4-13,15,18-21,24-25,27H2,1-2H3/b16-3-,26-14+,30-17+. The summed E-state index contributed by atoms with van der Waals surface area (Å²) in [5.74, 6) is -0.396. The highest BCUT2D eigenvalue weighted by Gasteiger charge is 2.47.